The highest BCUT2D eigenvalue weighted by atomic mass is 16.4. The first kappa shape index (κ1) is 9.50. The summed E-state index contributed by atoms with van der Waals surface area (Å²) in [5, 5.41) is 9.05. The molecule has 0 spiro atoms. The summed E-state index contributed by atoms with van der Waals surface area (Å²) in [6.07, 6.45) is 8.40. The summed E-state index contributed by atoms with van der Waals surface area (Å²) in [5.41, 5.74) is 1.76. The van der Waals surface area contributed by atoms with Gasteiger partial charge in [-0.1, -0.05) is 31.1 Å². The monoisotopic (exact) mass is 192 g/mol. The number of hydrogen-bond donors (Lipinski definition) is 1. The average molecular weight is 192 g/mol. The topological polar surface area (TPSA) is 37.3 Å². The molecular formula is C12H16O2. The highest BCUT2D eigenvalue weighted by Crippen LogP contribution is 2.40. The lowest BCUT2D eigenvalue weighted by molar-refractivity contribution is -0.132. The summed E-state index contributed by atoms with van der Waals surface area (Å²) in [5.74, 6) is 0.267. The van der Waals surface area contributed by atoms with Gasteiger partial charge in [-0.15, -0.1) is 0 Å². The molecular weight excluding hydrogens is 176 g/mol. The lowest BCUT2D eigenvalue weighted by Crippen LogP contribution is -2.23. The van der Waals surface area contributed by atoms with Crippen LogP contribution >= 0.6 is 0 Å². The van der Waals surface area contributed by atoms with E-state index in [0.717, 1.165) is 19.3 Å². The first-order valence-corrected chi connectivity index (χ1v) is 5.34. The van der Waals surface area contributed by atoms with E-state index in [0.29, 0.717) is 17.4 Å². The van der Waals surface area contributed by atoms with Gasteiger partial charge in [0.05, 0.1) is 5.57 Å². The largest absolute Gasteiger partial charge is 0.478 e. The Balaban J connectivity index is 2.37. The van der Waals surface area contributed by atoms with Crippen molar-refractivity contribution in [2.24, 2.45) is 11.8 Å². The minimum Gasteiger partial charge on any atom is -0.478 e. The van der Waals surface area contributed by atoms with Crippen molar-refractivity contribution in [1.82, 2.24) is 0 Å². The van der Waals surface area contributed by atoms with Gasteiger partial charge in [0.15, 0.2) is 0 Å². The second kappa shape index (κ2) is 3.60. The highest BCUT2D eigenvalue weighted by molar-refractivity contribution is 5.91. The van der Waals surface area contributed by atoms with Gasteiger partial charge >= 0.3 is 5.97 Å². The number of carboxylic acids is 1. The zero-order chi connectivity index (χ0) is 10.1. The molecule has 0 radical (unpaired) electrons. The molecule has 0 amide bonds. The van der Waals surface area contributed by atoms with E-state index in [1.165, 1.54) is 12.0 Å². The summed E-state index contributed by atoms with van der Waals surface area (Å²) >= 11 is 0. The number of fused-ring (bicyclic) bond motifs is 1. The Morgan fingerprint density at radius 2 is 2.29 bits per heavy atom. The zero-order valence-corrected chi connectivity index (χ0v) is 8.49. The molecule has 0 aromatic heterocycles. The van der Waals surface area contributed by atoms with Crippen molar-refractivity contribution in [3.8, 4) is 0 Å². The summed E-state index contributed by atoms with van der Waals surface area (Å²) in [7, 11) is 0. The van der Waals surface area contributed by atoms with E-state index in [1.807, 2.05) is 6.08 Å². The predicted molar refractivity (Wildman–Crippen MR) is 54.9 cm³/mol. The fourth-order valence-electron chi connectivity index (χ4n) is 2.65. The van der Waals surface area contributed by atoms with Gasteiger partial charge < -0.3 is 5.11 Å². The van der Waals surface area contributed by atoms with Crippen LogP contribution in [0.3, 0.4) is 0 Å². The Bertz CT molecular complexity index is 312. The van der Waals surface area contributed by atoms with Gasteiger partial charge in [-0.2, -0.15) is 0 Å². The number of allylic oxidation sites excluding steroid dienone is 2. The molecule has 2 atom stereocenters. The van der Waals surface area contributed by atoms with Crippen LogP contribution in [0.1, 0.15) is 32.6 Å². The molecule has 0 aromatic rings. The summed E-state index contributed by atoms with van der Waals surface area (Å²) in [6, 6.07) is 0. The van der Waals surface area contributed by atoms with Crippen molar-refractivity contribution in [3.05, 3.63) is 23.3 Å². The first-order valence-electron chi connectivity index (χ1n) is 5.34. The van der Waals surface area contributed by atoms with Crippen LogP contribution in [0.15, 0.2) is 23.3 Å². The quantitative estimate of drug-likeness (QED) is 0.693. The Labute approximate surface area is 84.3 Å². The van der Waals surface area contributed by atoms with Crippen molar-refractivity contribution in [2.45, 2.75) is 32.6 Å². The third-order valence-corrected chi connectivity index (χ3v) is 3.44. The van der Waals surface area contributed by atoms with E-state index in [9.17, 15) is 4.79 Å². The standard InChI is InChI=1S/C12H16O2/c1-8-6-7-11(12(13)14)10-5-3-2-4-9(8)10/h6-9H,2-5H2,1H3,(H,13,14). The Hall–Kier alpha value is -1.05. The second-order valence-electron chi connectivity index (χ2n) is 4.31. The molecule has 0 aromatic carbocycles. The second-order valence-corrected chi connectivity index (χ2v) is 4.31. The molecule has 2 aliphatic carbocycles. The van der Waals surface area contributed by atoms with E-state index in [4.69, 9.17) is 5.11 Å². The van der Waals surface area contributed by atoms with Gasteiger partial charge in [0, 0.05) is 0 Å². The maximum atomic E-state index is 11.0. The molecule has 2 aliphatic rings. The van der Waals surface area contributed by atoms with Crippen LogP contribution < -0.4 is 0 Å². The Kier molecular flexibility index (Phi) is 2.44. The van der Waals surface area contributed by atoms with Crippen LogP contribution in [-0.4, -0.2) is 11.1 Å². The maximum absolute atomic E-state index is 11.0. The molecule has 1 N–H and O–H groups in total. The van der Waals surface area contributed by atoms with E-state index in [-0.39, 0.29) is 0 Å². The molecule has 0 aliphatic heterocycles. The summed E-state index contributed by atoms with van der Waals surface area (Å²) in [4.78, 5) is 11.0. The third kappa shape index (κ3) is 1.49. The molecule has 1 saturated carbocycles. The van der Waals surface area contributed by atoms with Crippen molar-refractivity contribution in [3.63, 3.8) is 0 Å². The Morgan fingerprint density at radius 3 is 3.00 bits per heavy atom. The van der Waals surface area contributed by atoms with Gasteiger partial charge in [-0.05, 0) is 31.1 Å². The van der Waals surface area contributed by atoms with Crippen molar-refractivity contribution >= 4 is 5.97 Å². The third-order valence-electron chi connectivity index (χ3n) is 3.44. The van der Waals surface area contributed by atoms with E-state index < -0.39 is 5.97 Å². The fourth-order valence-corrected chi connectivity index (χ4v) is 2.65. The lowest BCUT2D eigenvalue weighted by atomic mass is 9.72. The average Bonchev–Trinajstić information content (AvgIpc) is 2.18. The van der Waals surface area contributed by atoms with Crippen molar-refractivity contribution in [1.29, 1.82) is 0 Å². The molecule has 1 fully saturated rings. The molecule has 0 heterocycles. The molecule has 0 saturated heterocycles. The minimum absolute atomic E-state index is 0.500. The lowest BCUT2D eigenvalue weighted by Gasteiger charge is -2.32. The molecule has 0 bridgehead atoms. The number of hydrogen-bond acceptors (Lipinski definition) is 1. The van der Waals surface area contributed by atoms with Gasteiger partial charge in [0.25, 0.3) is 0 Å². The van der Waals surface area contributed by atoms with Gasteiger partial charge in [0.2, 0.25) is 0 Å². The van der Waals surface area contributed by atoms with Crippen LogP contribution in [-0.2, 0) is 4.79 Å². The highest BCUT2D eigenvalue weighted by Gasteiger charge is 2.29. The maximum Gasteiger partial charge on any atom is 0.335 e. The molecule has 2 heteroatoms. The predicted octanol–water partition coefficient (Wildman–Crippen LogP) is 2.76. The minimum atomic E-state index is -0.755. The molecule has 76 valence electrons. The SMILES string of the molecule is CC1C=CC(C(=O)O)=C2CCCCC21. The molecule has 2 rings (SSSR count). The Morgan fingerprint density at radius 1 is 1.50 bits per heavy atom. The molecule has 2 nitrogen and oxygen atoms in total. The smallest absolute Gasteiger partial charge is 0.335 e. The van der Waals surface area contributed by atoms with Crippen LogP contribution in [0.2, 0.25) is 0 Å². The summed E-state index contributed by atoms with van der Waals surface area (Å²) in [6.45, 7) is 2.19. The van der Waals surface area contributed by atoms with E-state index in [2.05, 4.69) is 6.92 Å². The number of carbonyl (C=O) groups is 1. The van der Waals surface area contributed by atoms with Crippen LogP contribution in [0.5, 0.6) is 0 Å². The van der Waals surface area contributed by atoms with E-state index in [1.54, 1.807) is 6.08 Å². The van der Waals surface area contributed by atoms with Crippen LogP contribution in [0.25, 0.3) is 0 Å². The van der Waals surface area contributed by atoms with Crippen molar-refractivity contribution in [2.75, 3.05) is 0 Å². The number of aliphatic carboxylic acids is 1. The van der Waals surface area contributed by atoms with Crippen molar-refractivity contribution < 1.29 is 9.90 Å². The van der Waals surface area contributed by atoms with Gasteiger partial charge in [0.1, 0.15) is 0 Å². The van der Waals surface area contributed by atoms with Gasteiger partial charge in [-0.25, -0.2) is 4.79 Å². The number of carboxylic acid groups (broad SMARTS) is 1. The molecule has 2 unspecified atom stereocenters. The number of rotatable bonds is 1. The normalized spacial score (nSPS) is 31.5. The van der Waals surface area contributed by atoms with E-state index >= 15 is 0 Å². The molecule has 14 heavy (non-hydrogen) atoms. The van der Waals surface area contributed by atoms with Crippen LogP contribution in [0, 0.1) is 11.8 Å². The summed E-state index contributed by atoms with van der Waals surface area (Å²) < 4.78 is 0. The zero-order valence-electron chi connectivity index (χ0n) is 8.49. The van der Waals surface area contributed by atoms with Gasteiger partial charge in [-0.3, -0.25) is 0 Å². The fraction of sp³-hybridized carbons (Fsp3) is 0.583. The van der Waals surface area contributed by atoms with Crippen LogP contribution in [0.4, 0.5) is 0 Å². The first-order chi connectivity index (χ1) is 6.70.